The third kappa shape index (κ3) is 7.10. The van der Waals surface area contributed by atoms with Gasteiger partial charge < -0.3 is 5.32 Å². The average molecular weight is 541 g/mol. The first-order valence-electron chi connectivity index (χ1n) is 13.9. The third-order valence-electron chi connectivity index (χ3n) is 7.13. The minimum absolute atomic E-state index is 0.0243. The number of rotatable bonds is 15. The summed E-state index contributed by atoms with van der Waals surface area (Å²) < 4.78 is 28.3. The molecule has 0 bridgehead atoms. The van der Waals surface area contributed by atoms with Crippen LogP contribution in [0.5, 0.6) is 0 Å². The van der Waals surface area contributed by atoms with Gasteiger partial charge in [0.2, 0.25) is 15.9 Å². The summed E-state index contributed by atoms with van der Waals surface area (Å²) in [5.41, 5.74) is 0.848. The van der Waals surface area contributed by atoms with E-state index in [1.165, 1.54) is 12.1 Å². The Morgan fingerprint density at radius 2 is 1.34 bits per heavy atom. The molecule has 38 heavy (non-hydrogen) atoms. The number of nitrogens with one attached hydrogen (secondary N) is 2. The molecule has 1 amide bonds. The number of fused-ring (bicyclic) bond motifs is 2. The Hall–Kier alpha value is -3.00. The van der Waals surface area contributed by atoms with E-state index < -0.39 is 15.8 Å². The zero-order valence-electron chi connectivity index (χ0n) is 22.8. The molecule has 0 aromatic heterocycles. The van der Waals surface area contributed by atoms with Crippen molar-refractivity contribution < 1.29 is 22.8 Å². The molecule has 3 rings (SSSR count). The van der Waals surface area contributed by atoms with E-state index in [0.29, 0.717) is 12.8 Å². The monoisotopic (exact) mass is 540 g/mol. The number of carbonyl (C=O) groups is 3. The fourth-order valence-electron chi connectivity index (χ4n) is 4.93. The van der Waals surface area contributed by atoms with Crippen LogP contribution in [0.4, 0.5) is 11.4 Å². The Morgan fingerprint density at radius 3 is 1.97 bits per heavy atom. The van der Waals surface area contributed by atoms with Crippen molar-refractivity contribution in [3.63, 3.8) is 0 Å². The van der Waals surface area contributed by atoms with Gasteiger partial charge in [0, 0.05) is 17.0 Å². The highest BCUT2D eigenvalue weighted by atomic mass is 32.2. The molecule has 0 radical (unpaired) electrons. The lowest BCUT2D eigenvalue weighted by molar-refractivity contribution is -0.120. The van der Waals surface area contributed by atoms with Crippen LogP contribution >= 0.6 is 0 Å². The molecule has 1 aliphatic rings. The van der Waals surface area contributed by atoms with Crippen molar-refractivity contribution >= 4 is 38.9 Å². The van der Waals surface area contributed by atoms with Gasteiger partial charge in [-0.3, -0.25) is 19.1 Å². The van der Waals surface area contributed by atoms with Crippen molar-refractivity contribution in [1.82, 2.24) is 0 Å². The van der Waals surface area contributed by atoms with Crippen LogP contribution in [0.1, 0.15) is 117 Å². The molecule has 1 atom stereocenters. The number of hydrogen-bond acceptors (Lipinski definition) is 5. The Kier molecular flexibility index (Phi) is 10.6. The summed E-state index contributed by atoms with van der Waals surface area (Å²) in [6.45, 7) is 6.15. The van der Waals surface area contributed by atoms with E-state index in [1.54, 1.807) is 24.3 Å². The van der Waals surface area contributed by atoms with Crippen molar-refractivity contribution in [2.45, 2.75) is 85.0 Å². The van der Waals surface area contributed by atoms with Gasteiger partial charge in [0.25, 0.3) is 0 Å². The van der Waals surface area contributed by atoms with Gasteiger partial charge in [0.15, 0.2) is 11.6 Å². The summed E-state index contributed by atoms with van der Waals surface area (Å²) in [5.74, 6) is -1.30. The predicted octanol–water partition coefficient (Wildman–Crippen LogP) is 6.72. The van der Waals surface area contributed by atoms with Gasteiger partial charge >= 0.3 is 0 Å². The van der Waals surface area contributed by atoms with E-state index in [-0.39, 0.29) is 57.0 Å². The number of anilines is 2. The molecule has 2 aromatic rings. The van der Waals surface area contributed by atoms with Crippen LogP contribution in [0.15, 0.2) is 36.4 Å². The van der Waals surface area contributed by atoms with Crippen LogP contribution in [-0.2, 0) is 14.8 Å². The Bertz CT molecular complexity index is 1270. The molecular weight excluding hydrogens is 500 g/mol. The second kappa shape index (κ2) is 13.7. The number of unbranched alkanes of at least 4 members (excludes halogenated alkanes) is 6. The molecule has 0 aliphatic heterocycles. The quantitative estimate of drug-likeness (QED) is 0.208. The maximum atomic E-state index is 13.8. The Morgan fingerprint density at radius 1 is 0.763 bits per heavy atom. The molecule has 0 fully saturated rings. The summed E-state index contributed by atoms with van der Waals surface area (Å²) >= 11 is 0. The van der Waals surface area contributed by atoms with Crippen molar-refractivity contribution in [3.8, 4) is 0 Å². The Balaban J connectivity index is 1.86. The molecule has 7 nitrogen and oxygen atoms in total. The predicted molar refractivity (Wildman–Crippen MR) is 152 cm³/mol. The molecule has 1 unspecified atom stereocenters. The van der Waals surface area contributed by atoms with Crippen LogP contribution in [0, 0.1) is 5.92 Å². The van der Waals surface area contributed by atoms with E-state index in [1.807, 2.05) is 6.92 Å². The number of carbonyl (C=O) groups excluding carboxylic acids is 3. The second-order valence-electron chi connectivity index (χ2n) is 10.0. The lowest BCUT2D eigenvalue weighted by Crippen LogP contribution is -2.28. The second-order valence-corrected chi connectivity index (χ2v) is 11.9. The summed E-state index contributed by atoms with van der Waals surface area (Å²) in [7, 11) is -3.72. The SMILES string of the molecule is CCCCCCCCS(=O)(=O)Nc1cccc2c1C(=O)c1c(NC(=O)C(CC)CCCC)cccc1C2=O. The zero-order valence-corrected chi connectivity index (χ0v) is 23.6. The van der Waals surface area contributed by atoms with E-state index >= 15 is 0 Å². The highest BCUT2D eigenvalue weighted by Crippen LogP contribution is 2.36. The summed E-state index contributed by atoms with van der Waals surface area (Å²) in [6.07, 6.45) is 8.99. The molecule has 0 heterocycles. The minimum Gasteiger partial charge on any atom is -0.325 e. The molecule has 1 aliphatic carbocycles. The minimum atomic E-state index is -3.72. The molecule has 2 N–H and O–H groups in total. The number of benzene rings is 2. The highest BCUT2D eigenvalue weighted by Gasteiger charge is 2.35. The van der Waals surface area contributed by atoms with Gasteiger partial charge in [-0.15, -0.1) is 0 Å². The van der Waals surface area contributed by atoms with Gasteiger partial charge in [-0.1, -0.05) is 90.0 Å². The van der Waals surface area contributed by atoms with Crippen molar-refractivity contribution in [1.29, 1.82) is 0 Å². The number of amides is 1. The maximum Gasteiger partial charge on any atom is 0.232 e. The van der Waals surface area contributed by atoms with E-state index in [2.05, 4.69) is 23.9 Å². The average Bonchev–Trinajstić information content (AvgIpc) is 2.89. The first-order chi connectivity index (χ1) is 18.2. The standard InChI is InChI=1S/C30H40N2O5S/c1-4-7-9-10-11-12-20-38(36,37)32-25-19-14-17-23-27(25)29(34)26-22(28(23)33)16-13-18-24(26)31-30(35)21(6-3)15-8-5-2/h13-14,16-19,21,32H,4-12,15,20H2,1-3H3,(H,31,35). The third-order valence-corrected chi connectivity index (χ3v) is 8.49. The zero-order chi connectivity index (χ0) is 27.7. The van der Waals surface area contributed by atoms with Gasteiger partial charge in [0.1, 0.15) is 0 Å². The molecule has 0 spiro atoms. The fraction of sp³-hybridized carbons (Fsp3) is 0.500. The maximum absolute atomic E-state index is 13.8. The number of sulfonamides is 1. The van der Waals surface area contributed by atoms with Gasteiger partial charge in [0.05, 0.1) is 28.3 Å². The van der Waals surface area contributed by atoms with Crippen molar-refractivity contribution in [3.05, 3.63) is 58.7 Å². The van der Waals surface area contributed by atoms with E-state index in [4.69, 9.17) is 0 Å². The molecular formula is C30H40N2O5S. The van der Waals surface area contributed by atoms with Gasteiger partial charge in [-0.2, -0.15) is 0 Å². The molecule has 0 saturated heterocycles. The smallest absolute Gasteiger partial charge is 0.232 e. The first kappa shape index (κ1) is 29.6. The van der Waals surface area contributed by atoms with Gasteiger partial charge in [-0.05, 0) is 31.4 Å². The fourth-order valence-corrected chi connectivity index (χ4v) is 6.12. The molecule has 2 aromatic carbocycles. The highest BCUT2D eigenvalue weighted by molar-refractivity contribution is 7.92. The van der Waals surface area contributed by atoms with Crippen LogP contribution in [0.2, 0.25) is 0 Å². The topological polar surface area (TPSA) is 109 Å². The Labute approximate surface area is 226 Å². The lowest BCUT2D eigenvalue weighted by atomic mass is 9.82. The molecule has 8 heteroatoms. The van der Waals surface area contributed by atoms with Crippen LogP contribution in [0.25, 0.3) is 0 Å². The van der Waals surface area contributed by atoms with Crippen LogP contribution in [0.3, 0.4) is 0 Å². The first-order valence-corrected chi connectivity index (χ1v) is 15.6. The van der Waals surface area contributed by atoms with E-state index in [9.17, 15) is 22.8 Å². The van der Waals surface area contributed by atoms with Crippen molar-refractivity contribution in [2.75, 3.05) is 15.8 Å². The summed E-state index contributed by atoms with van der Waals surface area (Å²) in [5, 5.41) is 2.88. The van der Waals surface area contributed by atoms with Crippen molar-refractivity contribution in [2.24, 2.45) is 5.92 Å². The van der Waals surface area contributed by atoms with Gasteiger partial charge in [-0.25, -0.2) is 8.42 Å². The van der Waals surface area contributed by atoms with E-state index in [0.717, 1.165) is 51.4 Å². The van der Waals surface area contributed by atoms with Crippen LogP contribution in [-0.4, -0.2) is 31.6 Å². The molecule has 206 valence electrons. The number of hydrogen-bond donors (Lipinski definition) is 2. The molecule has 0 saturated carbocycles. The summed E-state index contributed by atoms with van der Waals surface area (Å²) in [4.78, 5) is 40.2. The lowest BCUT2D eigenvalue weighted by Gasteiger charge is -2.23. The largest absolute Gasteiger partial charge is 0.325 e. The normalized spacial score (nSPS) is 13.6. The summed E-state index contributed by atoms with van der Waals surface area (Å²) in [6, 6.07) is 9.44. The number of ketones is 2. The van der Waals surface area contributed by atoms with Crippen LogP contribution < -0.4 is 10.0 Å².